The number of carbonyl (C=O) groups excluding carboxylic acids is 2. The average Bonchev–Trinajstić information content (AvgIpc) is 3.13. The van der Waals surface area contributed by atoms with E-state index in [0.717, 1.165) is 24.2 Å². The van der Waals surface area contributed by atoms with Gasteiger partial charge < -0.3 is 20.1 Å². The molecule has 7 heteroatoms. The van der Waals surface area contributed by atoms with Crippen molar-refractivity contribution < 1.29 is 19.4 Å². The number of amides is 2. The molecule has 2 amide bonds. The van der Waals surface area contributed by atoms with E-state index in [0.29, 0.717) is 32.6 Å². The van der Waals surface area contributed by atoms with Crippen LogP contribution in [0.1, 0.15) is 38.7 Å². The van der Waals surface area contributed by atoms with E-state index in [1.807, 2.05) is 43.0 Å². The van der Waals surface area contributed by atoms with Crippen LogP contribution in [0.5, 0.6) is 5.75 Å². The van der Waals surface area contributed by atoms with Crippen molar-refractivity contribution in [3.63, 3.8) is 0 Å². The number of likely N-dealkylation sites (tertiary alicyclic amines) is 2. The number of benzene rings is 1. The Morgan fingerprint density at radius 1 is 1.28 bits per heavy atom. The fraction of sp³-hybridized carbons (Fsp3) is 0.636. The number of piperidine rings is 1. The predicted octanol–water partition coefficient (Wildman–Crippen LogP) is 1.39. The van der Waals surface area contributed by atoms with Crippen molar-refractivity contribution in [3.8, 4) is 5.75 Å². The minimum atomic E-state index is -0.488. The van der Waals surface area contributed by atoms with E-state index in [9.17, 15) is 14.7 Å². The second-order valence-electron chi connectivity index (χ2n) is 8.38. The Kier molecular flexibility index (Phi) is 7.14. The van der Waals surface area contributed by atoms with E-state index < -0.39 is 6.10 Å². The van der Waals surface area contributed by atoms with Gasteiger partial charge in [0.2, 0.25) is 11.8 Å². The number of nitrogens with zero attached hydrogens (tertiary/aromatic N) is 2. The first kappa shape index (κ1) is 21.6. The molecular weight excluding hydrogens is 370 g/mol. The quantitative estimate of drug-likeness (QED) is 0.750. The Morgan fingerprint density at radius 2 is 2.00 bits per heavy atom. The van der Waals surface area contributed by atoms with Gasteiger partial charge in [-0.1, -0.05) is 26.0 Å². The molecule has 7 nitrogen and oxygen atoms in total. The lowest BCUT2D eigenvalue weighted by molar-refractivity contribution is -0.137. The molecule has 2 heterocycles. The highest BCUT2D eigenvalue weighted by Gasteiger charge is 2.41. The van der Waals surface area contributed by atoms with Crippen LogP contribution in [-0.4, -0.2) is 71.7 Å². The highest BCUT2D eigenvalue weighted by atomic mass is 16.5. The van der Waals surface area contributed by atoms with Gasteiger partial charge in [-0.25, -0.2) is 0 Å². The second kappa shape index (κ2) is 9.59. The first-order valence-electron chi connectivity index (χ1n) is 10.5. The van der Waals surface area contributed by atoms with Crippen LogP contribution in [0.15, 0.2) is 24.3 Å². The zero-order valence-corrected chi connectivity index (χ0v) is 17.6. The van der Waals surface area contributed by atoms with Crippen molar-refractivity contribution in [2.45, 2.75) is 57.8 Å². The van der Waals surface area contributed by atoms with Crippen LogP contribution in [0, 0.1) is 5.92 Å². The third-order valence-electron chi connectivity index (χ3n) is 5.96. The number of rotatable bonds is 6. The lowest BCUT2D eigenvalue weighted by atomic mass is 10.0. The molecule has 3 rings (SSSR count). The maximum Gasteiger partial charge on any atom is 0.237 e. The molecule has 0 unspecified atom stereocenters. The number of nitrogens with one attached hydrogen (secondary N) is 1. The normalized spacial score (nSPS) is 23.4. The average molecular weight is 404 g/mol. The van der Waals surface area contributed by atoms with Crippen LogP contribution in [0.25, 0.3) is 0 Å². The lowest BCUT2D eigenvalue weighted by Crippen LogP contribution is -2.52. The Morgan fingerprint density at radius 3 is 2.66 bits per heavy atom. The Labute approximate surface area is 173 Å². The van der Waals surface area contributed by atoms with Gasteiger partial charge in [0, 0.05) is 38.1 Å². The molecule has 0 bridgehead atoms. The molecule has 0 aromatic heterocycles. The summed E-state index contributed by atoms with van der Waals surface area (Å²) in [5.74, 6) is 0.912. The first-order valence-corrected chi connectivity index (χ1v) is 10.5. The molecule has 0 radical (unpaired) electrons. The number of β-amino-alcohol motifs (C(OH)–C–C–N with tert-alkyl or cyclic N) is 1. The smallest absolute Gasteiger partial charge is 0.237 e. The number of aliphatic hydroxyl groups is 1. The minimum absolute atomic E-state index is 0.00953. The maximum atomic E-state index is 12.9. The summed E-state index contributed by atoms with van der Waals surface area (Å²) in [4.78, 5) is 29.2. The van der Waals surface area contributed by atoms with Gasteiger partial charge in [0.1, 0.15) is 5.75 Å². The third-order valence-corrected chi connectivity index (χ3v) is 5.96. The predicted molar refractivity (Wildman–Crippen MR) is 110 cm³/mol. The molecule has 2 fully saturated rings. The molecule has 0 saturated carbocycles. The summed E-state index contributed by atoms with van der Waals surface area (Å²) in [6, 6.07) is 7.52. The molecule has 2 aliphatic rings. The van der Waals surface area contributed by atoms with Gasteiger partial charge in [-0.05, 0) is 37.0 Å². The van der Waals surface area contributed by atoms with E-state index in [1.54, 1.807) is 7.11 Å². The van der Waals surface area contributed by atoms with E-state index >= 15 is 0 Å². The van der Waals surface area contributed by atoms with Crippen LogP contribution in [0.4, 0.5) is 0 Å². The van der Waals surface area contributed by atoms with E-state index in [2.05, 4.69) is 10.2 Å². The monoisotopic (exact) mass is 403 g/mol. The fourth-order valence-electron chi connectivity index (χ4n) is 4.37. The molecule has 0 spiro atoms. The number of hydrogen-bond donors (Lipinski definition) is 2. The fourth-order valence-corrected chi connectivity index (χ4v) is 4.37. The molecule has 2 saturated heterocycles. The zero-order valence-electron chi connectivity index (χ0n) is 17.6. The summed E-state index contributed by atoms with van der Waals surface area (Å²) in [5.41, 5.74) is 0.975. The summed E-state index contributed by atoms with van der Waals surface area (Å²) >= 11 is 0. The molecule has 1 aromatic carbocycles. The van der Waals surface area contributed by atoms with Gasteiger partial charge in [-0.15, -0.1) is 0 Å². The van der Waals surface area contributed by atoms with Gasteiger partial charge in [0.15, 0.2) is 0 Å². The van der Waals surface area contributed by atoms with Gasteiger partial charge in [0.05, 0.1) is 19.3 Å². The van der Waals surface area contributed by atoms with Crippen molar-refractivity contribution in [2.24, 2.45) is 5.92 Å². The van der Waals surface area contributed by atoms with Gasteiger partial charge in [-0.3, -0.25) is 14.5 Å². The summed E-state index contributed by atoms with van der Waals surface area (Å²) < 4.78 is 5.23. The highest BCUT2D eigenvalue weighted by Crippen LogP contribution is 2.27. The van der Waals surface area contributed by atoms with Gasteiger partial charge in [-0.2, -0.15) is 0 Å². The van der Waals surface area contributed by atoms with E-state index in [-0.39, 0.29) is 29.8 Å². The molecular formula is C22H33N3O4. The van der Waals surface area contributed by atoms with Crippen molar-refractivity contribution in [1.29, 1.82) is 0 Å². The zero-order chi connectivity index (χ0) is 21.0. The molecule has 29 heavy (non-hydrogen) atoms. The van der Waals surface area contributed by atoms with Crippen LogP contribution < -0.4 is 10.1 Å². The van der Waals surface area contributed by atoms with Crippen molar-refractivity contribution in [2.75, 3.05) is 26.7 Å². The summed E-state index contributed by atoms with van der Waals surface area (Å²) in [7, 11) is 1.62. The largest absolute Gasteiger partial charge is 0.497 e. The number of ether oxygens (including phenoxy) is 1. The number of methoxy groups -OCH3 is 1. The molecule has 2 atom stereocenters. The number of hydrogen-bond acceptors (Lipinski definition) is 5. The molecule has 1 aromatic rings. The second-order valence-corrected chi connectivity index (χ2v) is 8.38. The van der Waals surface area contributed by atoms with Crippen LogP contribution in [0.2, 0.25) is 0 Å². The van der Waals surface area contributed by atoms with Crippen molar-refractivity contribution >= 4 is 11.8 Å². The van der Waals surface area contributed by atoms with Crippen molar-refractivity contribution in [1.82, 2.24) is 15.1 Å². The van der Waals surface area contributed by atoms with E-state index in [1.165, 1.54) is 0 Å². The lowest BCUT2D eigenvalue weighted by Gasteiger charge is -2.39. The highest BCUT2D eigenvalue weighted by molar-refractivity contribution is 5.82. The molecule has 160 valence electrons. The van der Waals surface area contributed by atoms with Crippen molar-refractivity contribution in [3.05, 3.63) is 29.8 Å². The Bertz CT molecular complexity index is 716. The number of aliphatic hydroxyl groups excluding tert-OH is 1. The maximum absolute atomic E-state index is 12.9. The van der Waals surface area contributed by atoms with Crippen LogP contribution in [-0.2, 0) is 16.1 Å². The minimum Gasteiger partial charge on any atom is -0.497 e. The topological polar surface area (TPSA) is 82.1 Å². The summed E-state index contributed by atoms with van der Waals surface area (Å²) in [6.45, 7) is 6.22. The standard InChI is InChI=1S/C22H33N3O4/c1-15(2)22(28)24-9-7-17(8-10-24)25-14-18(26)12-20(25)21(27)23-13-16-5-4-6-19(11-16)29-3/h4-6,11,15,17-18,20,26H,7-10,12-14H2,1-3H3,(H,23,27)/t18-,20+/m1/s1. The van der Waals surface area contributed by atoms with E-state index in [4.69, 9.17) is 4.74 Å². The summed E-state index contributed by atoms with van der Waals surface area (Å²) in [5, 5.41) is 13.2. The Balaban J connectivity index is 1.57. The summed E-state index contributed by atoms with van der Waals surface area (Å²) in [6.07, 6.45) is 1.64. The molecule has 0 aliphatic carbocycles. The molecule has 2 aliphatic heterocycles. The third kappa shape index (κ3) is 5.28. The van der Waals surface area contributed by atoms with Gasteiger partial charge in [0.25, 0.3) is 0 Å². The number of carbonyl (C=O) groups is 2. The first-order chi connectivity index (χ1) is 13.9. The Hall–Kier alpha value is -2.12. The van der Waals surface area contributed by atoms with Gasteiger partial charge >= 0.3 is 0 Å². The van der Waals surface area contributed by atoms with Crippen LogP contribution >= 0.6 is 0 Å². The SMILES string of the molecule is COc1cccc(CNC(=O)[C@@H]2C[C@@H](O)CN2C2CCN(C(=O)C(C)C)CC2)c1. The molecule has 2 N–H and O–H groups in total. The van der Waals surface area contributed by atoms with Crippen LogP contribution in [0.3, 0.4) is 0 Å².